The van der Waals surface area contributed by atoms with Crippen LogP contribution in [0.1, 0.15) is 42.5 Å². The van der Waals surface area contributed by atoms with Gasteiger partial charge in [0.1, 0.15) is 22.0 Å². The first-order valence-electron chi connectivity index (χ1n) is 9.36. The standard InChI is InChI=1S/C23H20ClN3O2/c1-14(2)17-11-9-16(10-12-17)13-19(24)22-25-26-23(28-22)20-15(3)29-27-21(20)18-7-5-4-6-8-18/h4-14H,1-3H3/b19-13-. The third-order valence-corrected chi connectivity index (χ3v) is 4.92. The van der Waals surface area contributed by atoms with E-state index in [1.807, 2.05) is 55.5 Å². The molecule has 0 bridgehead atoms. The Hall–Kier alpha value is -3.18. The fraction of sp³-hybridized carbons (Fsp3) is 0.174. The molecule has 0 atom stereocenters. The molecule has 0 saturated heterocycles. The summed E-state index contributed by atoms with van der Waals surface area (Å²) in [4.78, 5) is 0. The van der Waals surface area contributed by atoms with E-state index in [0.717, 1.165) is 11.1 Å². The molecule has 0 N–H and O–H groups in total. The number of hydrogen-bond donors (Lipinski definition) is 0. The Morgan fingerprint density at radius 1 is 1.00 bits per heavy atom. The minimum absolute atomic E-state index is 0.245. The Balaban J connectivity index is 1.65. The highest BCUT2D eigenvalue weighted by atomic mass is 35.5. The zero-order chi connectivity index (χ0) is 20.4. The largest absolute Gasteiger partial charge is 0.415 e. The van der Waals surface area contributed by atoms with Crippen molar-refractivity contribution in [2.24, 2.45) is 0 Å². The van der Waals surface area contributed by atoms with E-state index in [1.165, 1.54) is 5.56 Å². The summed E-state index contributed by atoms with van der Waals surface area (Å²) in [5, 5.41) is 12.8. The normalized spacial score (nSPS) is 12.0. The molecule has 0 aliphatic carbocycles. The van der Waals surface area contributed by atoms with Gasteiger partial charge in [-0.15, -0.1) is 10.2 Å². The maximum atomic E-state index is 6.44. The zero-order valence-electron chi connectivity index (χ0n) is 16.4. The minimum atomic E-state index is 0.245. The van der Waals surface area contributed by atoms with Crippen LogP contribution in [0, 0.1) is 6.92 Å². The Labute approximate surface area is 174 Å². The molecule has 0 aliphatic heterocycles. The van der Waals surface area contributed by atoms with Crippen molar-refractivity contribution < 1.29 is 8.94 Å². The second kappa shape index (κ2) is 8.05. The number of hydrogen-bond acceptors (Lipinski definition) is 5. The van der Waals surface area contributed by atoms with E-state index in [9.17, 15) is 0 Å². The van der Waals surface area contributed by atoms with Crippen molar-refractivity contribution in [2.45, 2.75) is 26.7 Å². The van der Waals surface area contributed by atoms with Crippen LogP contribution < -0.4 is 0 Å². The molecule has 0 radical (unpaired) electrons. The van der Waals surface area contributed by atoms with Crippen molar-refractivity contribution >= 4 is 22.7 Å². The van der Waals surface area contributed by atoms with Crippen LogP contribution in [0.25, 0.3) is 33.8 Å². The fourth-order valence-electron chi connectivity index (χ4n) is 3.02. The van der Waals surface area contributed by atoms with E-state index in [4.69, 9.17) is 20.5 Å². The molecule has 4 rings (SSSR count). The van der Waals surface area contributed by atoms with Crippen molar-refractivity contribution in [1.29, 1.82) is 0 Å². The molecule has 2 heterocycles. The minimum Gasteiger partial charge on any atom is -0.415 e. The van der Waals surface area contributed by atoms with Gasteiger partial charge in [-0.1, -0.05) is 85.2 Å². The number of benzene rings is 2. The highest BCUT2D eigenvalue weighted by molar-refractivity contribution is 6.50. The quantitative estimate of drug-likeness (QED) is 0.376. The molecule has 4 aromatic rings. The summed E-state index contributed by atoms with van der Waals surface area (Å²) in [5.74, 6) is 1.64. The summed E-state index contributed by atoms with van der Waals surface area (Å²) in [5.41, 5.74) is 4.47. The molecular formula is C23H20ClN3O2. The summed E-state index contributed by atoms with van der Waals surface area (Å²) < 4.78 is 11.2. The smallest absolute Gasteiger partial charge is 0.259 e. The number of rotatable bonds is 5. The van der Waals surface area contributed by atoms with E-state index in [1.54, 1.807) is 0 Å². The average Bonchev–Trinajstić information content (AvgIpc) is 3.35. The number of nitrogens with zero attached hydrogens (tertiary/aromatic N) is 3. The number of aromatic nitrogens is 3. The van der Waals surface area contributed by atoms with Crippen molar-refractivity contribution in [3.63, 3.8) is 0 Å². The average molecular weight is 406 g/mol. The van der Waals surface area contributed by atoms with E-state index in [0.29, 0.717) is 33.9 Å². The van der Waals surface area contributed by atoms with Crippen LogP contribution >= 0.6 is 11.6 Å². The molecule has 29 heavy (non-hydrogen) atoms. The molecule has 0 saturated carbocycles. The predicted octanol–water partition coefficient (Wildman–Crippen LogP) is 6.56. The molecule has 5 nitrogen and oxygen atoms in total. The van der Waals surface area contributed by atoms with Gasteiger partial charge in [0.15, 0.2) is 0 Å². The topological polar surface area (TPSA) is 65.0 Å². The van der Waals surface area contributed by atoms with Gasteiger partial charge in [-0.2, -0.15) is 0 Å². The van der Waals surface area contributed by atoms with E-state index in [2.05, 4.69) is 41.3 Å². The van der Waals surface area contributed by atoms with Gasteiger partial charge in [0.2, 0.25) is 0 Å². The van der Waals surface area contributed by atoms with Crippen LogP contribution in [0.2, 0.25) is 0 Å². The summed E-state index contributed by atoms with van der Waals surface area (Å²) in [7, 11) is 0. The first-order valence-corrected chi connectivity index (χ1v) is 9.74. The Morgan fingerprint density at radius 2 is 1.72 bits per heavy atom. The van der Waals surface area contributed by atoms with Gasteiger partial charge in [-0.3, -0.25) is 0 Å². The second-order valence-electron chi connectivity index (χ2n) is 7.05. The van der Waals surface area contributed by atoms with Crippen molar-refractivity contribution in [1.82, 2.24) is 15.4 Å². The van der Waals surface area contributed by atoms with Crippen molar-refractivity contribution in [3.8, 4) is 22.7 Å². The summed E-state index contributed by atoms with van der Waals surface area (Å²) >= 11 is 6.44. The third-order valence-electron chi connectivity index (χ3n) is 4.65. The lowest BCUT2D eigenvalue weighted by atomic mass is 10.0. The number of aryl methyl sites for hydroxylation is 1. The van der Waals surface area contributed by atoms with Gasteiger partial charge >= 0.3 is 0 Å². The molecule has 2 aromatic carbocycles. The van der Waals surface area contributed by atoms with Crippen LogP contribution in [-0.2, 0) is 0 Å². The SMILES string of the molecule is Cc1onc(-c2ccccc2)c1-c1nnc(/C(Cl)=C/c2ccc(C(C)C)cc2)o1. The van der Waals surface area contributed by atoms with Gasteiger partial charge in [-0.25, -0.2) is 0 Å². The van der Waals surface area contributed by atoms with Crippen LogP contribution in [-0.4, -0.2) is 15.4 Å². The van der Waals surface area contributed by atoms with Crippen molar-refractivity contribution in [2.75, 3.05) is 0 Å². The van der Waals surface area contributed by atoms with E-state index < -0.39 is 0 Å². The van der Waals surface area contributed by atoms with Crippen LogP contribution in [0.5, 0.6) is 0 Å². The van der Waals surface area contributed by atoms with Gasteiger partial charge < -0.3 is 8.94 Å². The lowest BCUT2D eigenvalue weighted by Crippen LogP contribution is -1.86. The molecule has 0 fully saturated rings. The monoisotopic (exact) mass is 405 g/mol. The molecular weight excluding hydrogens is 386 g/mol. The predicted molar refractivity (Wildman–Crippen MR) is 114 cm³/mol. The van der Waals surface area contributed by atoms with Gasteiger partial charge in [0.05, 0.1) is 0 Å². The maximum absolute atomic E-state index is 6.44. The first-order chi connectivity index (χ1) is 14.0. The highest BCUT2D eigenvalue weighted by Gasteiger charge is 2.22. The zero-order valence-corrected chi connectivity index (χ0v) is 17.1. The van der Waals surface area contributed by atoms with Crippen molar-refractivity contribution in [3.05, 3.63) is 77.4 Å². The molecule has 0 aliphatic rings. The maximum Gasteiger partial charge on any atom is 0.259 e. The molecule has 0 spiro atoms. The summed E-state index contributed by atoms with van der Waals surface area (Å²) in [6, 6.07) is 17.9. The highest BCUT2D eigenvalue weighted by Crippen LogP contribution is 2.34. The van der Waals surface area contributed by atoms with E-state index >= 15 is 0 Å². The molecule has 146 valence electrons. The lowest BCUT2D eigenvalue weighted by molar-refractivity contribution is 0.399. The number of halogens is 1. The summed E-state index contributed by atoms with van der Waals surface area (Å²) in [6.07, 6.45) is 1.81. The molecule has 0 unspecified atom stereocenters. The van der Waals surface area contributed by atoms with E-state index in [-0.39, 0.29) is 5.89 Å². The second-order valence-corrected chi connectivity index (χ2v) is 7.46. The van der Waals surface area contributed by atoms with Gasteiger partial charge in [0.25, 0.3) is 11.8 Å². The van der Waals surface area contributed by atoms with Gasteiger partial charge in [0, 0.05) is 5.56 Å². The van der Waals surface area contributed by atoms with Crippen LogP contribution in [0.4, 0.5) is 0 Å². The molecule has 0 amide bonds. The molecule has 2 aromatic heterocycles. The fourth-order valence-corrected chi connectivity index (χ4v) is 3.23. The summed E-state index contributed by atoms with van der Waals surface area (Å²) in [6.45, 7) is 6.13. The Kier molecular flexibility index (Phi) is 5.32. The van der Waals surface area contributed by atoms with Crippen LogP contribution in [0.3, 0.4) is 0 Å². The third kappa shape index (κ3) is 4.00. The lowest BCUT2D eigenvalue weighted by Gasteiger charge is -2.04. The molecule has 6 heteroatoms. The first kappa shape index (κ1) is 19.2. The van der Waals surface area contributed by atoms with Gasteiger partial charge in [-0.05, 0) is 30.0 Å². The Bertz CT molecular complexity index is 1140. The Morgan fingerprint density at radius 3 is 2.41 bits per heavy atom. The van der Waals surface area contributed by atoms with Crippen LogP contribution in [0.15, 0.2) is 63.5 Å².